The third kappa shape index (κ3) is 2.15. The number of fused-ring (bicyclic) bond motifs is 5. The van der Waals surface area contributed by atoms with Crippen molar-refractivity contribution in [1.29, 1.82) is 0 Å². The van der Waals surface area contributed by atoms with E-state index in [0.717, 1.165) is 32.1 Å². The molecule has 0 unspecified atom stereocenters. The molecule has 0 saturated heterocycles. The molecule has 0 N–H and O–H groups in total. The Kier molecular flexibility index (Phi) is 3.85. The van der Waals surface area contributed by atoms with Gasteiger partial charge >= 0.3 is 5.97 Å². The molecule has 3 nitrogen and oxygen atoms in total. The second kappa shape index (κ2) is 5.57. The van der Waals surface area contributed by atoms with Gasteiger partial charge in [-0.1, -0.05) is 13.8 Å². The lowest BCUT2D eigenvalue weighted by molar-refractivity contribution is -0.165. The Morgan fingerprint density at radius 3 is 2.58 bits per heavy atom. The lowest BCUT2D eigenvalue weighted by atomic mass is 9.45. The van der Waals surface area contributed by atoms with Gasteiger partial charge in [0.25, 0.3) is 0 Å². The maximum Gasteiger partial charge on any atom is 0.302 e. The minimum atomic E-state index is -0.137. The first kappa shape index (κ1) is 16.6. The molecule has 0 aromatic rings. The van der Waals surface area contributed by atoms with Gasteiger partial charge in [-0.2, -0.15) is 0 Å². The number of esters is 1. The summed E-state index contributed by atoms with van der Waals surface area (Å²) in [6, 6.07) is 0. The van der Waals surface area contributed by atoms with Crippen LogP contribution in [-0.2, 0) is 14.3 Å². The van der Waals surface area contributed by atoms with Crippen molar-refractivity contribution in [2.45, 2.75) is 84.7 Å². The molecule has 0 aliphatic heterocycles. The van der Waals surface area contributed by atoms with Crippen LogP contribution in [0.15, 0.2) is 0 Å². The summed E-state index contributed by atoms with van der Waals surface area (Å²) in [4.78, 5) is 24.4. The summed E-state index contributed by atoms with van der Waals surface area (Å²) in [7, 11) is 0. The molecule has 24 heavy (non-hydrogen) atoms. The van der Waals surface area contributed by atoms with Gasteiger partial charge < -0.3 is 4.74 Å². The molecular formula is C21H32O3. The molecule has 3 heteroatoms. The van der Waals surface area contributed by atoms with E-state index >= 15 is 0 Å². The average Bonchev–Trinajstić information content (AvgIpc) is 2.85. The van der Waals surface area contributed by atoms with Crippen molar-refractivity contribution in [1.82, 2.24) is 0 Å². The summed E-state index contributed by atoms with van der Waals surface area (Å²) in [6.45, 7) is 6.19. The van der Waals surface area contributed by atoms with Crippen LogP contribution in [0.2, 0.25) is 0 Å². The lowest BCUT2D eigenvalue weighted by Crippen LogP contribution is -2.56. The Bertz CT molecular complexity index is 555. The zero-order valence-corrected chi connectivity index (χ0v) is 15.5. The summed E-state index contributed by atoms with van der Waals surface area (Å²) in [6.07, 6.45) is 10.2. The van der Waals surface area contributed by atoms with E-state index in [2.05, 4.69) is 13.8 Å². The lowest BCUT2D eigenvalue weighted by Gasteiger charge is -2.59. The molecule has 0 aromatic carbocycles. The Morgan fingerprint density at radius 2 is 1.83 bits per heavy atom. The number of Topliss-reactive ketones (excluding diaryl/α,β-unsaturated/α-hetero) is 1. The first-order valence-corrected chi connectivity index (χ1v) is 10.1. The highest BCUT2D eigenvalue weighted by atomic mass is 16.5. The van der Waals surface area contributed by atoms with Gasteiger partial charge in [0.2, 0.25) is 0 Å². The number of rotatable bonds is 1. The van der Waals surface area contributed by atoms with Crippen LogP contribution in [-0.4, -0.2) is 17.9 Å². The molecule has 0 heterocycles. The van der Waals surface area contributed by atoms with Crippen LogP contribution in [0.1, 0.15) is 78.6 Å². The molecule has 4 rings (SSSR count). The molecule has 7 atom stereocenters. The largest absolute Gasteiger partial charge is 0.462 e. The molecule has 4 aliphatic rings. The van der Waals surface area contributed by atoms with Crippen LogP contribution in [0.5, 0.6) is 0 Å². The molecule has 0 radical (unpaired) electrons. The first-order chi connectivity index (χ1) is 11.4. The quantitative estimate of drug-likeness (QED) is 0.663. The molecule has 0 amide bonds. The van der Waals surface area contributed by atoms with Crippen LogP contribution >= 0.6 is 0 Å². The van der Waals surface area contributed by atoms with E-state index in [9.17, 15) is 9.59 Å². The van der Waals surface area contributed by atoms with Gasteiger partial charge in [0.1, 0.15) is 11.9 Å². The molecule has 4 fully saturated rings. The van der Waals surface area contributed by atoms with Gasteiger partial charge in [0.05, 0.1) is 0 Å². The Hall–Kier alpha value is -0.860. The number of hydrogen-bond acceptors (Lipinski definition) is 3. The van der Waals surface area contributed by atoms with Crippen LogP contribution in [0.25, 0.3) is 0 Å². The zero-order chi connectivity index (χ0) is 17.1. The molecule has 134 valence electrons. The smallest absolute Gasteiger partial charge is 0.302 e. The van der Waals surface area contributed by atoms with Gasteiger partial charge in [0.15, 0.2) is 0 Å². The number of ketones is 1. The van der Waals surface area contributed by atoms with Gasteiger partial charge in [-0.05, 0) is 75.0 Å². The van der Waals surface area contributed by atoms with E-state index in [1.165, 1.54) is 32.6 Å². The Balaban J connectivity index is 1.62. The second-order valence-corrected chi connectivity index (χ2v) is 9.47. The summed E-state index contributed by atoms with van der Waals surface area (Å²) in [5, 5.41) is 0. The van der Waals surface area contributed by atoms with Crippen molar-refractivity contribution in [2.24, 2.45) is 34.5 Å². The van der Waals surface area contributed by atoms with Crippen molar-refractivity contribution in [3.63, 3.8) is 0 Å². The third-order valence-electron chi connectivity index (χ3n) is 8.68. The molecule has 0 aromatic heterocycles. The van der Waals surface area contributed by atoms with E-state index in [0.29, 0.717) is 29.5 Å². The number of ether oxygens (including phenoxy) is 1. The highest BCUT2D eigenvalue weighted by Crippen LogP contribution is 2.65. The maximum atomic E-state index is 12.9. The fourth-order valence-corrected chi connectivity index (χ4v) is 7.43. The Labute approximate surface area is 145 Å². The van der Waals surface area contributed by atoms with Gasteiger partial charge in [0, 0.05) is 24.2 Å². The van der Waals surface area contributed by atoms with Crippen molar-refractivity contribution in [2.75, 3.05) is 0 Å². The molecule has 0 spiro atoms. The van der Waals surface area contributed by atoms with Gasteiger partial charge in [-0.3, -0.25) is 9.59 Å². The normalized spacial score (nSPS) is 50.6. The van der Waals surface area contributed by atoms with Crippen LogP contribution in [0.4, 0.5) is 0 Å². The third-order valence-corrected chi connectivity index (χ3v) is 8.68. The zero-order valence-electron chi connectivity index (χ0n) is 15.5. The monoisotopic (exact) mass is 332 g/mol. The first-order valence-electron chi connectivity index (χ1n) is 10.1. The van der Waals surface area contributed by atoms with E-state index < -0.39 is 0 Å². The SMILES string of the molecule is CC(=O)O[C@H]1CC[C@@H]2[C@H]3CC[C@H]4CCCC(=O)[C@]4(C)[C@@H]3CC[C@@]12C. The summed E-state index contributed by atoms with van der Waals surface area (Å²) < 4.78 is 5.71. The molecular weight excluding hydrogens is 300 g/mol. The average molecular weight is 332 g/mol. The second-order valence-electron chi connectivity index (χ2n) is 9.47. The van der Waals surface area contributed by atoms with E-state index in [1.54, 1.807) is 0 Å². The van der Waals surface area contributed by atoms with Crippen molar-refractivity contribution < 1.29 is 14.3 Å². The molecule has 4 aliphatic carbocycles. The predicted octanol–water partition coefficient (Wildman–Crippen LogP) is 4.53. The predicted molar refractivity (Wildman–Crippen MR) is 92.3 cm³/mol. The van der Waals surface area contributed by atoms with Gasteiger partial charge in [-0.15, -0.1) is 0 Å². The highest BCUT2D eigenvalue weighted by molar-refractivity contribution is 5.86. The van der Waals surface area contributed by atoms with Crippen LogP contribution in [0, 0.1) is 34.5 Å². The fraction of sp³-hybridized carbons (Fsp3) is 0.905. The standard InChI is InChI=1S/C21H32O3/c1-13(22)24-19-10-9-16-15-8-7-14-5-4-6-18(23)21(14,3)17(15)11-12-20(16,19)2/h14-17,19H,4-12H2,1-3H3/t14-,15-,16-,17-,19+,20-,21+/m1/s1. The van der Waals surface area contributed by atoms with E-state index in [4.69, 9.17) is 4.74 Å². The Morgan fingerprint density at radius 1 is 1.04 bits per heavy atom. The number of hydrogen-bond donors (Lipinski definition) is 0. The minimum Gasteiger partial charge on any atom is -0.462 e. The number of carbonyl (C=O) groups excluding carboxylic acids is 2. The molecule has 0 bridgehead atoms. The van der Waals surface area contributed by atoms with Gasteiger partial charge in [-0.25, -0.2) is 0 Å². The van der Waals surface area contributed by atoms with Crippen molar-refractivity contribution >= 4 is 11.8 Å². The highest BCUT2D eigenvalue weighted by Gasteiger charge is 2.62. The summed E-state index contributed by atoms with van der Waals surface area (Å²) in [5.41, 5.74) is 0.0652. The fourth-order valence-electron chi connectivity index (χ4n) is 7.43. The summed E-state index contributed by atoms with van der Waals surface area (Å²) >= 11 is 0. The van der Waals surface area contributed by atoms with Crippen molar-refractivity contribution in [3.05, 3.63) is 0 Å². The maximum absolute atomic E-state index is 12.9. The topological polar surface area (TPSA) is 43.4 Å². The minimum absolute atomic E-state index is 0.0674. The van der Waals surface area contributed by atoms with E-state index in [1.807, 2.05) is 0 Å². The molecule has 4 saturated carbocycles. The summed E-state index contributed by atoms with van der Waals surface area (Å²) in [5.74, 6) is 2.89. The van der Waals surface area contributed by atoms with Crippen molar-refractivity contribution in [3.8, 4) is 0 Å². The van der Waals surface area contributed by atoms with Crippen LogP contribution in [0.3, 0.4) is 0 Å². The van der Waals surface area contributed by atoms with Crippen LogP contribution < -0.4 is 0 Å². The van der Waals surface area contributed by atoms with E-state index in [-0.39, 0.29) is 22.9 Å². The number of carbonyl (C=O) groups is 2.